The molecule has 0 aromatic heterocycles. The maximum Gasteiger partial charge on any atom is 0.237 e. The molecule has 5 nitrogen and oxygen atoms in total. The van der Waals surface area contributed by atoms with Gasteiger partial charge in [0.1, 0.15) is 5.82 Å². The van der Waals surface area contributed by atoms with Crippen LogP contribution in [0.2, 0.25) is 0 Å². The van der Waals surface area contributed by atoms with Gasteiger partial charge in [0, 0.05) is 38.4 Å². The number of hydrogen-bond donors (Lipinski definition) is 2. The van der Waals surface area contributed by atoms with Crippen LogP contribution in [0.25, 0.3) is 0 Å². The van der Waals surface area contributed by atoms with Gasteiger partial charge in [0.2, 0.25) is 5.91 Å². The van der Waals surface area contributed by atoms with Gasteiger partial charge in [-0.05, 0) is 43.7 Å². The summed E-state index contributed by atoms with van der Waals surface area (Å²) in [5.74, 6) is 0.131. The quantitative estimate of drug-likeness (QED) is 0.822. The highest BCUT2D eigenvalue weighted by molar-refractivity contribution is 5.81. The number of nitrogens with two attached hydrogens (primary N) is 1. The van der Waals surface area contributed by atoms with E-state index in [4.69, 9.17) is 5.73 Å². The lowest BCUT2D eigenvalue weighted by Crippen LogP contribution is -2.54. The first-order valence-electron chi connectivity index (χ1n) is 8.23. The number of amides is 1. The zero-order chi connectivity index (χ0) is 16.8. The Hall–Kier alpha value is -1.66. The van der Waals surface area contributed by atoms with Gasteiger partial charge in [0.05, 0.1) is 6.04 Å². The number of nitrogens with zero attached hydrogens (tertiary/aromatic N) is 2. The van der Waals surface area contributed by atoms with E-state index < -0.39 is 0 Å². The van der Waals surface area contributed by atoms with Crippen molar-refractivity contribution in [1.82, 2.24) is 10.2 Å². The Morgan fingerprint density at radius 2 is 1.83 bits per heavy atom. The normalized spacial score (nSPS) is 18.5. The lowest BCUT2D eigenvalue weighted by atomic mass is 10.1. The molecule has 1 saturated heterocycles. The zero-order valence-electron chi connectivity index (χ0n) is 14.0. The molecule has 2 unspecified atom stereocenters. The van der Waals surface area contributed by atoms with Crippen LogP contribution < -0.4 is 16.0 Å². The molecule has 0 saturated carbocycles. The Labute approximate surface area is 137 Å². The third-order valence-electron chi connectivity index (χ3n) is 4.46. The fourth-order valence-electron chi connectivity index (χ4n) is 2.69. The highest BCUT2D eigenvalue weighted by Crippen LogP contribution is 2.17. The molecular weight excluding hydrogens is 295 g/mol. The Morgan fingerprint density at radius 3 is 2.39 bits per heavy atom. The number of piperazine rings is 1. The molecule has 1 aromatic rings. The van der Waals surface area contributed by atoms with Crippen molar-refractivity contribution in [3.05, 3.63) is 30.1 Å². The number of hydrogen-bond acceptors (Lipinski definition) is 4. The minimum absolute atomic E-state index is 0.0560. The minimum Gasteiger partial charge on any atom is -0.369 e. The van der Waals surface area contributed by atoms with Crippen LogP contribution in [0.4, 0.5) is 10.1 Å². The van der Waals surface area contributed by atoms with E-state index in [9.17, 15) is 9.18 Å². The average molecular weight is 322 g/mol. The second-order valence-electron chi connectivity index (χ2n) is 6.26. The molecule has 1 heterocycles. The minimum atomic E-state index is -0.218. The van der Waals surface area contributed by atoms with Crippen LogP contribution in [0.3, 0.4) is 0 Å². The van der Waals surface area contributed by atoms with Crippen LogP contribution in [0.15, 0.2) is 24.3 Å². The maximum absolute atomic E-state index is 13.0. The van der Waals surface area contributed by atoms with Crippen LogP contribution in [0.1, 0.15) is 13.8 Å². The van der Waals surface area contributed by atoms with E-state index in [1.807, 2.05) is 13.8 Å². The number of nitrogens with one attached hydrogen (secondary N) is 1. The van der Waals surface area contributed by atoms with Crippen molar-refractivity contribution in [1.29, 1.82) is 0 Å². The summed E-state index contributed by atoms with van der Waals surface area (Å²) in [5.41, 5.74) is 6.59. The molecule has 128 valence electrons. The molecule has 1 amide bonds. The van der Waals surface area contributed by atoms with Gasteiger partial charge >= 0.3 is 0 Å². The molecule has 1 fully saturated rings. The van der Waals surface area contributed by atoms with Gasteiger partial charge in [-0.3, -0.25) is 9.69 Å². The molecule has 6 heteroatoms. The highest BCUT2D eigenvalue weighted by Gasteiger charge is 2.25. The van der Waals surface area contributed by atoms with Gasteiger partial charge in [-0.25, -0.2) is 4.39 Å². The number of anilines is 1. The topological polar surface area (TPSA) is 61.6 Å². The predicted octanol–water partition coefficient (Wildman–Crippen LogP) is 1.05. The monoisotopic (exact) mass is 322 g/mol. The number of rotatable bonds is 6. The SMILES string of the molecule is CC(CN)CNC(=O)C(C)N1CCN(c2ccc(F)cc2)CC1. The molecule has 0 aliphatic carbocycles. The predicted molar refractivity (Wildman–Crippen MR) is 90.9 cm³/mol. The van der Waals surface area contributed by atoms with Crippen LogP contribution >= 0.6 is 0 Å². The van der Waals surface area contributed by atoms with E-state index in [2.05, 4.69) is 15.1 Å². The average Bonchev–Trinajstić information content (AvgIpc) is 2.59. The van der Waals surface area contributed by atoms with Crippen molar-refractivity contribution < 1.29 is 9.18 Å². The van der Waals surface area contributed by atoms with E-state index in [0.717, 1.165) is 31.9 Å². The van der Waals surface area contributed by atoms with E-state index >= 15 is 0 Å². The van der Waals surface area contributed by atoms with Gasteiger partial charge in [-0.2, -0.15) is 0 Å². The lowest BCUT2D eigenvalue weighted by Gasteiger charge is -2.38. The summed E-state index contributed by atoms with van der Waals surface area (Å²) in [7, 11) is 0. The van der Waals surface area contributed by atoms with Gasteiger partial charge in [0.15, 0.2) is 0 Å². The summed E-state index contributed by atoms with van der Waals surface area (Å²) in [4.78, 5) is 16.6. The molecular formula is C17H27FN4O. The molecule has 23 heavy (non-hydrogen) atoms. The van der Waals surface area contributed by atoms with Gasteiger partial charge in [-0.1, -0.05) is 6.92 Å². The third kappa shape index (κ3) is 4.91. The van der Waals surface area contributed by atoms with Crippen LogP contribution in [-0.2, 0) is 4.79 Å². The summed E-state index contributed by atoms with van der Waals surface area (Å²) < 4.78 is 13.0. The van der Waals surface area contributed by atoms with Gasteiger partial charge < -0.3 is 16.0 Å². The van der Waals surface area contributed by atoms with Gasteiger partial charge in [0.25, 0.3) is 0 Å². The molecule has 0 radical (unpaired) electrons. The number of halogens is 1. The van der Waals surface area contributed by atoms with Crippen molar-refractivity contribution in [2.75, 3.05) is 44.2 Å². The number of carbonyl (C=O) groups is 1. The number of carbonyl (C=O) groups excluding carboxylic acids is 1. The largest absolute Gasteiger partial charge is 0.369 e. The smallest absolute Gasteiger partial charge is 0.237 e. The van der Waals surface area contributed by atoms with Crippen molar-refractivity contribution in [2.24, 2.45) is 11.7 Å². The molecule has 1 aromatic carbocycles. The van der Waals surface area contributed by atoms with Crippen LogP contribution in [0, 0.1) is 11.7 Å². The summed E-state index contributed by atoms with van der Waals surface area (Å²) in [6.45, 7) is 8.46. The highest BCUT2D eigenvalue weighted by atomic mass is 19.1. The number of benzene rings is 1. The summed E-state index contributed by atoms with van der Waals surface area (Å²) in [6, 6.07) is 6.42. The van der Waals surface area contributed by atoms with E-state index in [-0.39, 0.29) is 17.8 Å². The third-order valence-corrected chi connectivity index (χ3v) is 4.46. The van der Waals surface area contributed by atoms with E-state index in [1.165, 1.54) is 12.1 Å². The van der Waals surface area contributed by atoms with Crippen molar-refractivity contribution in [3.63, 3.8) is 0 Å². The molecule has 2 atom stereocenters. The maximum atomic E-state index is 13.0. The molecule has 1 aliphatic heterocycles. The molecule has 1 aliphatic rings. The summed E-state index contributed by atoms with van der Waals surface area (Å²) in [5, 5.41) is 2.96. The summed E-state index contributed by atoms with van der Waals surface area (Å²) >= 11 is 0. The fourth-order valence-corrected chi connectivity index (χ4v) is 2.69. The van der Waals surface area contributed by atoms with Crippen molar-refractivity contribution in [3.8, 4) is 0 Å². The van der Waals surface area contributed by atoms with Crippen LogP contribution in [0.5, 0.6) is 0 Å². The summed E-state index contributed by atoms with van der Waals surface area (Å²) in [6.07, 6.45) is 0. The Bertz CT molecular complexity index is 500. The zero-order valence-corrected chi connectivity index (χ0v) is 14.0. The lowest BCUT2D eigenvalue weighted by molar-refractivity contribution is -0.126. The van der Waals surface area contributed by atoms with Gasteiger partial charge in [-0.15, -0.1) is 0 Å². The molecule has 2 rings (SSSR count). The van der Waals surface area contributed by atoms with Crippen molar-refractivity contribution >= 4 is 11.6 Å². The van der Waals surface area contributed by atoms with E-state index in [1.54, 1.807) is 12.1 Å². The first-order chi connectivity index (χ1) is 11.0. The van der Waals surface area contributed by atoms with E-state index in [0.29, 0.717) is 19.0 Å². The fraction of sp³-hybridized carbons (Fsp3) is 0.588. The first-order valence-corrected chi connectivity index (χ1v) is 8.23. The standard InChI is InChI=1S/C17H27FN4O/c1-13(11-19)12-20-17(23)14(2)21-7-9-22(10-8-21)16-5-3-15(18)4-6-16/h3-6,13-14H,7-12,19H2,1-2H3,(H,20,23). The Morgan fingerprint density at radius 1 is 1.22 bits per heavy atom. The molecule has 0 bridgehead atoms. The molecule has 3 N–H and O–H groups in total. The Kier molecular flexibility index (Phi) is 6.36. The second kappa shape index (κ2) is 8.26. The molecule has 0 spiro atoms. The van der Waals surface area contributed by atoms with Crippen LogP contribution in [-0.4, -0.2) is 56.1 Å². The second-order valence-corrected chi connectivity index (χ2v) is 6.26. The Balaban J connectivity index is 1.81. The first kappa shape index (κ1) is 17.7. The van der Waals surface area contributed by atoms with Crippen molar-refractivity contribution in [2.45, 2.75) is 19.9 Å².